The molecule has 0 spiro atoms. The molecule has 0 bridgehead atoms. The Morgan fingerprint density at radius 2 is 2.24 bits per heavy atom. The summed E-state index contributed by atoms with van der Waals surface area (Å²) in [5, 5.41) is 11.9. The monoisotopic (exact) mass is 391 g/mol. The van der Waals surface area contributed by atoms with Crippen molar-refractivity contribution in [3.8, 4) is 0 Å². The Morgan fingerprint density at radius 1 is 1.44 bits per heavy atom. The van der Waals surface area contributed by atoms with Gasteiger partial charge in [0.1, 0.15) is 16.9 Å². The molecule has 0 aromatic carbocycles. The number of rotatable bonds is 8. The summed E-state index contributed by atoms with van der Waals surface area (Å²) in [6, 6.07) is 3.40. The molecule has 1 aromatic heterocycles. The summed E-state index contributed by atoms with van der Waals surface area (Å²) in [5.74, 6) is 0. The van der Waals surface area contributed by atoms with E-state index >= 15 is 0 Å². The molecule has 2 saturated heterocycles. The predicted molar refractivity (Wildman–Crippen MR) is 94.4 cm³/mol. The standard InChI is InChI=1S/C16H26N2O5S2/c19-14(12-22-13-15-3-1-9-23-15)11-17-5-7-18(8-6-17)25(20,21)16-4-2-10-24-16/h2,4,10,14-15,19H,1,3,5-9,11-13H2/p+1/t14-,15-/m1/s1. The van der Waals surface area contributed by atoms with Crippen LogP contribution < -0.4 is 4.90 Å². The van der Waals surface area contributed by atoms with Crippen molar-refractivity contribution in [1.29, 1.82) is 0 Å². The molecule has 0 amide bonds. The van der Waals surface area contributed by atoms with Crippen molar-refractivity contribution in [1.82, 2.24) is 4.31 Å². The zero-order chi connectivity index (χ0) is 17.7. The van der Waals surface area contributed by atoms with Gasteiger partial charge in [-0.25, -0.2) is 8.42 Å². The summed E-state index contributed by atoms with van der Waals surface area (Å²) >= 11 is 1.25. The summed E-state index contributed by atoms with van der Waals surface area (Å²) in [5.41, 5.74) is 0. The van der Waals surface area contributed by atoms with Gasteiger partial charge in [-0.3, -0.25) is 0 Å². The number of hydrogen-bond acceptors (Lipinski definition) is 6. The van der Waals surface area contributed by atoms with Crippen LogP contribution in [0.5, 0.6) is 0 Å². The van der Waals surface area contributed by atoms with Crippen molar-refractivity contribution in [3.05, 3.63) is 17.5 Å². The smallest absolute Gasteiger partial charge is 0.252 e. The number of sulfonamides is 1. The molecule has 0 radical (unpaired) electrons. The Labute approximate surface area is 153 Å². The first-order valence-corrected chi connectivity index (χ1v) is 11.1. The molecule has 2 aliphatic heterocycles. The zero-order valence-corrected chi connectivity index (χ0v) is 15.9. The fourth-order valence-corrected chi connectivity index (χ4v) is 5.87. The lowest BCUT2D eigenvalue weighted by molar-refractivity contribution is -0.906. The second kappa shape index (κ2) is 8.90. The average Bonchev–Trinajstić information content (AvgIpc) is 3.29. The molecule has 0 aliphatic carbocycles. The van der Waals surface area contributed by atoms with Crippen LogP contribution in [0.4, 0.5) is 0 Å². The first-order chi connectivity index (χ1) is 12.1. The van der Waals surface area contributed by atoms with Crippen LogP contribution in [-0.4, -0.2) is 82.6 Å². The summed E-state index contributed by atoms with van der Waals surface area (Å²) in [7, 11) is -3.36. The third kappa shape index (κ3) is 5.22. The molecule has 3 rings (SSSR count). The van der Waals surface area contributed by atoms with Gasteiger partial charge in [0.15, 0.2) is 0 Å². The zero-order valence-electron chi connectivity index (χ0n) is 14.3. The second-order valence-corrected chi connectivity index (χ2v) is 9.73. The number of hydrogen-bond donors (Lipinski definition) is 2. The highest BCUT2D eigenvalue weighted by atomic mass is 32.2. The summed E-state index contributed by atoms with van der Waals surface area (Å²) in [6.07, 6.45) is 1.75. The maximum absolute atomic E-state index is 12.5. The van der Waals surface area contributed by atoms with Crippen LogP contribution >= 0.6 is 11.3 Å². The molecule has 3 heterocycles. The van der Waals surface area contributed by atoms with Gasteiger partial charge in [0.05, 0.1) is 45.5 Å². The van der Waals surface area contributed by atoms with Gasteiger partial charge in [0.25, 0.3) is 10.0 Å². The molecule has 2 atom stereocenters. The van der Waals surface area contributed by atoms with Crippen molar-refractivity contribution in [2.45, 2.75) is 29.3 Å². The van der Waals surface area contributed by atoms with E-state index in [1.807, 2.05) is 0 Å². The third-order valence-electron chi connectivity index (χ3n) is 4.68. The average molecular weight is 392 g/mol. The Bertz CT molecular complexity index is 608. The summed E-state index contributed by atoms with van der Waals surface area (Å²) in [4.78, 5) is 1.21. The van der Waals surface area contributed by atoms with Crippen LogP contribution in [0.3, 0.4) is 0 Å². The first kappa shape index (κ1) is 19.2. The van der Waals surface area contributed by atoms with Crippen LogP contribution in [0.2, 0.25) is 0 Å². The fourth-order valence-electron chi connectivity index (χ4n) is 3.29. The molecular weight excluding hydrogens is 364 g/mol. The van der Waals surface area contributed by atoms with Gasteiger partial charge in [-0.05, 0) is 24.3 Å². The number of thiophene rings is 1. The minimum absolute atomic E-state index is 0.172. The van der Waals surface area contributed by atoms with E-state index in [0.29, 0.717) is 50.1 Å². The molecule has 2 fully saturated rings. The minimum atomic E-state index is -3.36. The lowest BCUT2D eigenvalue weighted by Crippen LogP contribution is -3.15. The van der Waals surface area contributed by atoms with Crippen LogP contribution in [0.15, 0.2) is 21.7 Å². The van der Waals surface area contributed by atoms with E-state index in [0.717, 1.165) is 19.4 Å². The van der Waals surface area contributed by atoms with E-state index in [-0.39, 0.29) is 6.10 Å². The number of nitrogens with zero attached hydrogens (tertiary/aromatic N) is 1. The Hall–Kier alpha value is -0.550. The van der Waals surface area contributed by atoms with E-state index in [1.165, 1.54) is 16.2 Å². The number of piperazine rings is 1. The van der Waals surface area contributed by atoms with Gasteiger partial charge in [0, 0.05) is 6.61 Å². The van der Waals surface area contributed by atoms with E-state index < -0.39 is 16.1 Å². The molecule has 7 nitrogen and oxygen atoms in total. The van der Waals surface area contributed by atoms with E-state index in [4.69, 9.17) is 9.47 Å². The number of aliphatic hydroxyl groups is 1. The van der Waals surface area contributed by atoms with Gasteiger partial charge in [0.2, 0.25) is 0 Å². The van der Waals surface area contributed by atoms with Crippen molar-refractivity contribution in [3.63, 3.8) is 0 Å². The van der Waals surface area contributed by atoms with Gasteiger partial charge in [-0.2, -0.15) is 4.31 Å². The highest BCUT2D eigenvalue weighted by molar-refractivity contribution is 7.91. The van der Waals surface area contributed by atoms with Crippen molar-refractivity contribution < 1.29 is 27.9 Å². The number of nitrogens with one attached hydrogen (secondary N) is 1. The highest BCUT2D eigenvalue weighted by Crippen LogP contribution is 2.20. The van der Waals surface area contributed by atoms with Crippen LogP contribution in [-0.2, 0) is 19.5 Å². The molecule has 0 unspecified atom stereocenters. The normalized spacial score (nSPS) is 24.6. The molecule has 25 heavy (non-hydrogen) atoms. The quantitative estimate of drug-likeness (QED) is 0.606. The van der Waals surface area contributed by atoms with E-state index in [1.54, 1.807) is 21.8 Å². The van der Waals surface area contributed by atoms with Crippen molar-refractivity contribution >= 4 is 21.4 Å². The third-order valence-corrected chi connectivity index (χ3v) is 7.95. The van der Waals surface area contributed by atoms with Gasteiger partial charge in [-0.15, -0.1) is 11.3 Å². The largest absolute Gasteiger partial charge is 0.385 e. The molecule has 1 aromatic rings. The topological polar surface area (TPSA) is 80.5 Å². The van der Waals surface area contributed by atoms with E-state index in [2.05, 4.69) is 0 Å². The first-order valence-electron chi connectivity index (χ1n) is 8.80. The second-order valence-electron chi connectivity index (χ2n) is 6.62. The minimum Gasteiger partial charge on any atom is -0.385 e. The number of quaternary nitrogens is 1. The van der Waals surface area contributed by atoms with Crippen LogP contribution in [0.1, 0.15) is 12.8 Å². The molecule has 0 saturated carbocycles. The van der Waals surface area contributed by atoms with Gasteiger partial charge in [-0.1, -0.05) is 6.07 Å². The van der Waals surface area contributed by atoms with Crippen molar-refractivity contribution in [2.75, 3.05) is 52.5 Å². The van der Waals surface area contributed by atoms with Gasteiger partial charge < -0.3 is 19.5 Å². The Balaban J connectivity index is 1.37. The molecule has 142 valence electrons. The highest BCUT2D eigenvalue weighted by Gasteiger charge is 2.31. The predicted octanol–water partition coefficient (Wildman–Crippen LogP) is -0.806. The lowest BCUT2D eigenvalue weighted by atomic mass is 10.2. The Kier molecular flexibility index (Phi) is 6.84. The summed E-state index contributed by atoms with van der Waals surface area (Å²) in [6.45, 7) is 4.61. The fraction of sp³-hybridized carbons (Fsp3) is 0.750. The number of ether oxygens (including phenoxy) is 2. The Morgan fingerprint density at radius 3 is 2.88 bits per heavy atom. The van der Waals surface area contributed by atoms with Crippen LogP contribution in [0, 0.1) is 0 Å². The maximum Gasteiger partial charge on any atom is 0.252 e. The maximum atomic E-state index is 12.5. The molecule has 2 N–H and O–H groups in total. The summed E-state index contributed by atoms with van der Waals surface area (Å²) < 4.78 is 38.0. The molecule has 9 heteroatoms. The van der Waals surface area contributed by atoms with Crippen molar-refractivity contribution in [2.24, 2.45) is 0 Å². The SMILES string of the molecule is O=S(=O)(c1cccs1)N1CC[NH+](C[C@@H](O)COC[C@H]2CCCO2)CC1. The molecular formula is C16H27N2O5S2+. The number of aliphatic hydroxyl groups excluding tert-OH is 1. The lowest BCUT2D eigenvalue weighted by Gasteiger charge is -2.32. The van der Waals surface area contributed by atoms with Gasteiger partial charge >= 0.3 is 0 Å². The molecule has 2 aliphatic rings. The van der Waals surface area contributed by atoms with E-state index in [9.17, 15) is 13.5 Å². The van der Waals surface area contributed by atoms with Crippen LogP contribution in [0.25, 0.3) is 0 Å².